The van der Waals surface area contributed by atoms with Gasteiger partial charge in [-0.05, 0) is 65.8 Å². The Hall–Kier alpha value is -2.10. The summed E-state index contributed by atoms with van der Waals surface area (Å²) < 4.78 is 78.6. The van der Waals surface area contributed by atoms with Crippen LogP contribution in [0.15, 0.2) is 30.3 Å². The summed E-state index contributed by atoms with van der Waals surface area (Å²) in [5.74, 6) is -3.94. The van der Waals surface area contributed by atoms with E-state index in [2.05, 4.69) is 10.0 Å². The molecule has 0 spiro atoms. The SMILES string of the molecule is O=C(C1CCCN(S(=O)(=O)Nc2ccc(F)c(F)c2Nc2ccc(I)cc2F)C1)N1CCOCC1. The quantitative estimate of drug-likeness (QED) is 0.479. The van der Waals surface area contributed by atoms with Crippen LogP contribution in [0.1, 0.15) is 12.8 Å². The lowest BCUT2D eigenvalue weighted by molar-refractivity contribution is -0.140. The van der Waals surface area contributed by atoms with Crippen LogP contribution in [0.25, 0.3) is 0 Å². The average Bonchev–Trinajstić information content (AvgIpc) is 2.85. The molecule has 0 bridgehead atoms. The van der Waals surface area contributed by atoms with Crippen LogP contribution in [0.4, 0.5) is 30.2 Å². The number of nitrogens with zero attached hydrogens (tertiary/aromatic N) is 2. The minimum absolute atomic E-state index is 0.0380. The van der Waals surface area contributed by atoms with Gasteiger partial charge in [0.2, 0.25) is 5.91 Å². The molecule has 2 aromatic rings. The van der Waals surface area contributed by atoms with Crippen molar-refractivity contribution in [3.63, 3.8) is 0 Å². The number of piperidine rings is 1. The summed E-state index contributed by atoms with van der Waals surface area (Å²) in [5, 5.41) is 2.46. The molecule has 2 saturated heterocycles. The van der Waals surface area contributed by atoms with Crippen LogP contribution in [0, 0.1) is 26.9 Å². The first-order chi connectivity index (χ1) is 16.7. The molecule has 1 unspecified atom stereocenters. The molecule has 190 valence electrons. The Morgan fingerprint density at radius 1 is 1.03 bits per heavy atom. The van der Waals surface area contributed by atoms with Crippen molar-refractivity contribution in [2.45, 2.75) is 12.8 Å². The molecule has 4 rings (SSSR count). The number of rotatable bonds is 6. The standard InChI is InChI=1S/C22H24F3IN4O4S/c23-16-4-6-19(21(20(16)25)27-18-5-3-15(26)12-17(18)24)28-35(32,33)30-7-1-2-14(13-30)22(31)29-8-10-34-11-9-29/h3-6,12,14,27-28H,1-2,7-11,13H2. The summed E-state index contributed by atoms with van der Waals surface area (Å²) in [5.41, 5.74) is -0.986. The number of benzene rings is 2. The average molecular weight is 624 g/mol. The maximum Gasteiger partial charge on any atom is 0.301 e. The van der Waals surface area contributed by atoms with Crippen molar-refractivity contribution < 1.29 is 31.1 Å². The number of hydrogen-bond donors (Lipinski definition) is 2. The number of halogens is 4. The number of ether oxygens (including phenoxy) is 1. The van der Waals surface area contributed by atoms with E-state index < -0.39 is 39.3 Å². The van der Waals surface area contributed by atoms with E-state index in [-0.39, 0.29) is 30.4 Å². The third-order valence-electron chi connectivity index (χ3n) is 5.92. The van der Waals surface area contributed by atoms with Gasteiger partial charge >= 0.3 is 10.2 Å². The molecule has 35 heavy (non-hydrogen) atoms. The van der Waals surface area contributed by atoms with Gasteiger partial charge in [0.15, 0.2) is 11.6 Å². The van der Waals surface area contributed by atoms with Gasteiger partial charge in [-0.3, -0.25) is 9.52 Å². The molecule has 2 aromatic carbocycles. The molecular formula is C22H24F3IN4O4S. The van der Waals surface area contributed by atoms with Gasteiger partial charge < -0.3 is 15.0 Å². The normalized spacial score (nSPS) is 19.4. The lowest BCUT2D eigenvalue weighted by Gasteiger charge is -2.35. The fourth-order valence-corrected chi connectivity index (χ4v) is 5.87. The third kappa shape index (κ3) is 6.01. The number of carbonyl (C=O) groups is 1. The monoisotopic (exact) mass is 624 g/mol. The summed E-state index contributed by atoms with van der Waals surface area (Å²) in [7, 11) is -4.23. The summed E-state index contributed by atoms with van der Waals surface area (Å²) in [4.78, 5) is 14.5. The van der Waals surface area contributed by atoms with Crippen molar-refractivity contribution in [3.05, 3.63) is 51.4 Å². The number of anilines is 3. The second-order valence-electron chi connectivity index (χ2n) is 8.28. The highest BCUT2D eigenvalue weighted by Crippen LogP contribution is 2.33. The molecule has 2 fully saturated rings. The van der Waals surface area contributed by atoms with Gasteiger partial charge in [-0.2, -0.15) is 12.7 Å². The zero-order chi connectivity index (χ0) is 25.2. The largest absolute Gasteiger partial charge is 0.378 e. The predicted molar refractivity (Wildman–Crippen MR) is 133 cm³/mol. The second kappa shape index (κ2) is 10.9. The summed E-state index contributed by atoms with van der Waals surface area (Å²) >= 11 is 1.90. The van der Waals surface area contributed by atoms with Crippen LogP contribution < -0.4 is 10.0 Å². The van der Waals surface area contributed by atoms with Crippen LogP contribution in [-0.4, -0.2) is 62.9 Å². The van der Waals surface area contributed by atoms with Crippen molar-refractivity contribution in [3.8, 4) is 0 Å². The van der Waals surface area contributed by atoms with Crippen molar-refractivity contribution >= 4 is 55.8 Å². The Morgan fingerprint density at radius 3 is 2.46 bits per heavy atom. The molecule has 13 heteroatoms. The zero-order valence-corrected chi connectivity index (χ0v) is 21.5. The first-order valence-corrected chi connectivity index (χ1v) is 13.5. The van der Waals surface area contributed by atoms with Gasteiger partial charge in [0.1, 0.15) is 11.5 Å². The highest BCUT2D eigenvalue weighted by molar-refractivity contribution is 14.1. The van der Waals surface area contributed by atoms with Crippen molar-refractivity contribution in [1.82, 2.24) is 9.21 Å². The highest BCUT2D eigenvalue weighted by Gasteiger charge is 2.35. The molecule has 8 nitrogen and oxygen atoms in total. The van der Waals surface area contributed by atoms with Crippen LogP contribution in [0.2, 0.25) is 0 Å². The van der Waals surface area contributed by atoms with Gasteiger partial charge in [0.05, 0.1) is 30.5 Å². The summed E-state index contributed by atoms with van der Waals surface area (Å²) in [6.45, 7) is 1.92. The lowest BCUT2D eigenvalue weighted by Crippen LogP contribution is -2.50. The predicted octanol–water partition coefficient (Wildman–Crippen LogP) is 3.68. The number of hydrogen-bond acceptors (Lipinski definition) is 5. The lowest BCUT2D eigenvalue weighted by atomic mass is 9.98. The fraction of sp³-hybridized carbons (Fsp3) is 0.409. The molecule has 1 amide bonds. The van der Waals surface area contributed by atoms with E-state index >= 15 is 0 Å². The van der Waals surface area contributed by atoms with Gasteiger partial charge in [0, 0.05) is 29.7 Å². The Kier molecular flexibility index (Phi) is 8.08. The number of carbonyl (C=O) groups excluding carboxylic acids is 1. The molecule has 2 aliphatic rings. The molecule has 2 N–H and O–H groups in total. The molecule has 0 aliphatic carbocycles. The van der Waals surface area contributed by atoms with Crippen LogP contribution in [-0.2, 0) is 19.7 Å². The Balaban J connectivity index is 1.54. The van der Waals surface area contributed by atoms with E-state index in [0.717, 1.165) is 16.4 Å². The first-order valence-electron chi connectivity index (χ1n) is 11.0. The molecule has 2 aliphatic heterocycles. The minimum atomic E-state index is -4.23. The van der Waals surface area contributed by atoms with Gasteiger partial charge in [-0.1, -0.05) is 0 Å². The van der Waals surface area contributed by atoms with E-state index in [1.54, 1.807) is 11.0 Å². The summed E-state index contributed by atoms with van der Waals surface area (Å²) in [6, 6.07) is 5.94. The zero-order valence-electron chi connectivity index (χ0n) is 18.6. The molecular weight excluding hydrogens is 600 g/mol. The molecule has 0 aromatic heterocycles. The highest BCUT2D eigenvalue weighted by atomic mass is 127. The van der Waals surface area contributed by atoms with Gasteiger partial charge in [-0.25, -0.2) is 13.2 Å². The first kappa shape index (κ1) is 26.0. The van der Waals surface area contributed by atoms with Crippen molar-refractivity contribution in [1.29, 1.82) is 0 Å². The Morgan fingerprint density at radius 2 is 1.74 bits per heavy atom. The molecule has 0 saturated carbocycles. The second-order valence-corrected chi connectivity index (χ2v) is 11.2. The molecule has 2 heterocycles. The summed E-state index contributed by atoms with van der Waals surface area (Å²) in [6.07, 6.45) is 1.02. The van der Waals surface area contributed by atoms with E-state index in [1.165, 1.54) is 12.1 Å². The number of amides is 1. The third-order valence-corrected chi connectivity index (χ3v) is 8.08. The molecule has 1 atom stereocenters. The Bertz CT molecular complexity index is 1210. The van der Waals surface area contributed by atoms with Crippen LogP contribution in [0.5, 0.6) is 0 Å². The minimum Gasteiger partial charge on any atom is -0.378 e. The Labute approximate surface area is 215 Å². The van der Waals surface area contributed by atoms with E-state index in [9.17, 15) is 26.4 Å². The van der Waals surface area contributed by atoms with E-state index in [4.69, 9.17) is 4.74 Å². The van der Waals surface area contributed by atoms with Crippen molar-refractivity contribution in [2.75, 3.05) is 49.4 Å². The van der Waals surface area contributed by atoms with Crippen molar-refractivity contribution in [2.24, 2.45) is 5.92 Å². The number of morpholine rings is 1. The van der Waals surface area contributed by atoms with E-state index in [0.29, 0.717) is 42.7 Å². The maximum absolute atomic E-state index is 14.7. The number of nitrogens with one attached hydrogen (secondary N) is 2. The van der Waals surface area contributed by atoms with Crippen LogP contribution in [0.3, 0.4) is 0 Å². The van der Waals surface area contributed by atoms with Crippen LogP contribution >= 0.6 is 22.6 Å². The topological polar surface area (TPSA) is 91.0 Å². The fourth-order valence-electron chi connectivity index (χ4n) is 4.09. The van der Waals surface area contributed by atoms with Gasteiger partial charge in [-0.15, -0.1) is 0 Å². The maximum atomic E-state index is 14.7. The molecule has 0 radical (unpaired) electrons. The van der Waals surface area contributed by atoms with E-state index in [1.807, 2.05) is 22.6 Å². The smallest absolute Gasteiger partial charge is 0.301 e. The van der Waals surface area contributed by atoms with Gasteiger partial charge in [0.25, 0.3) is 0 Å².